The smallest absolute Gasteiger partial charge is 0.167 e. The minimum atomic E-state index is -0.163. The number of aromatic nitrogens is 1. The van der Waals surface area contributed by atoms with Crippen molar-refractivity contribution < 1.29 is 10.3 Å². The Morgan fingerprint density at radius 1 is 1.20 bits per heavy atom. The molecule has 0 saturated carbocycles. The van der Waals surface area contributed by atoms with E-state index in [9.17, 15) is 10.3 Å². The molecule has 0 aliphatic heterocycles. The number of hydrogen-bond acceptors (Lipinski definition) is 3. The van der Waals surface area contributed by atoms with Gasteiger partial charge in [0.25, 0.3) is 0 Å². The first-order valence-electron chi connectivity index (χ1n) is 7.71. The van der Waals surface area contributed by atoms with Crippen molar-refractivity contribution in [2.45, 2.75) is 20.8 Å². The molecule has 5 nitrogen and oxygen atoms in total. The Balaban J connectivity index is 2.97. The number of amidine groups is 1. The van der Waals surface area contributed by atoms with Gasteiger partial charge >= 0.3 is 0 Å². The number of nitrogens with zero attached hydrogens (tertiary/aromatic N) is 1. The SMILES string of the molecule is C=C(C)C(=C(C)C)c1c(-c2ccc(O)cc2)c(Cl)n(C)c1C(=N)NO. The third-order valence-electron chi connectivity index (χ3n) is 4.00. The number of hydroxylamine groups is 1. The first-order valence-corrected chi connectivity index (χ1v) is 8.08. The van der Waals surface area contributed by atoms with E-state index in [1.807, 2.05) is 26.3 Å². The third kappa shape index (κ3) is 3.34. The maximum atomic E-state index is 9.58. The van der Waals surface area contributed by atoms with Crippen LogP contribution in [0.4, 0.5) is 0 Å². The van der Waals surface area contributed by atoms with Gasteiger partial charge in [0.15, 0.2) is 5.84 Å². The first kappa shape index (κ1) is 18.8. The standard InChI is InChI=1S/C19H22ClN3O2/c1-10(2)14(11(3)4)16-15(12-6-8-13(24)9-7-12)18(20)23(5)17(16)19(21)22-25/h6-9,24-25H,1H2,2-5H3,(H2,21,22). The van der Waals surface area contributed by atoms with E-state index < -0.39 is 0 Å². The van der Waals surface area contributed by atoms with Crippen LogP contribution in [0.15, 0.2) is 42.0 Å². The molecule has 6 heteroatoms. The van der Waals surface area contributed by atoms with E-state index in [0.717, 1.165) is 33.4 Å². The molecule has 0 aliphatic rings. The van der Waals surface area contributed by atoms with Gasteiger partial charge in [-0.15, -0.1) is 0 Å². The van der Waals surface area contributed by atoms with E-state index in [4.69, 9.17) is 17.0 Å². The molecule has 1 aromatic heterocycles. The van der Waals surface area contributed by atoms with Crippen molar-refractivity contribution in [3.05, 3.63) is 58.4 Å². The number of aromatic hydroxyl groups is 1. The van der Waals surface area contributed by atoms with Crippen LogP contribution in [0, 0.1) is 5.41 Å². The van der Waals surface area contributed by atoms with Gasteiger partial charge in [-0.05, 0) is 44.0 Å². The van der Waals surface area contributed by atoms with Crippen LogP contribution in [0.1, 0.15) is 32.0 Å². The molecule has 0 unspecified atom stereocenters. The summed E-state index contributed by atoms with van der Waals surface area (Å²) < 4.78 is 1.65. The van der Waals surface area contributed by atoms with Crippen LogP contribution in [0.25, 0.3) is 16.7 Å². The molecule has 0 aliphatic carbocycles. The van der Waals surface area contributed by atoms with Gasteiger partial charge < -0.3 is 9.67 Å². The zero-order chi connectivity index (χ0) is 18.9. The van der Waals surface area contributed by atoms with E-state index >= 15 is 0 Å². The second-order valence-electron chi connectivity index (χ2n) is 6.14. The molecule has 0 amide bonds. The highest BCUT2D eigenvalue weighted by Gasteiger charge is 2.27. The zero-order valence-electron chi connectivity index (χ0n) is 14.7. The Morgan fingerprint density at radius 3 is 2.20 bits per heavy atom. The summed E-state index contributed by atoms with van der Waals surface area (Å²) in [5.74, 6) is -0.00545. The fourth-order valence-electron chi connectivity index (χ4n) is 3.03. The fourth-order valence-corrected chi connectivity index (χ4v) is 3.31. The summed E-state index contributed by atoms with van der Waals surface area (Å²) in [4.78, 5) is 0. The molecule has 0 spiro atoms. The second kappa shape index (κ2) is 7.17. The molecule has 0 saturated heterocycles. The lowest BCUT2D eigenvalue weighted by molar-refractivity contribution is 0.233. The number of nitrogens with one attached hydrogen (secondary N) is 2. The van der Waals surface area contributed by atoms with Gasteiger partial charge in [0.05, 0.1) is 5.69 Å². The summed E-state index contributed by atoms with van der Waals surface area (Å²) in [6, 6.07) is 6.70. The van der Waals surface area contributed by atoms with E-state index in [0.29, 0.717) is 10.8 Å². The lowest BCUT2D eigenvalue weighted by Crippen LogP contribution is -2.23. The maximum absolute atomic E-state index is 9.58. The molecule has 0 radical (unpaired) electrons. The van der Waals surface area contributed by atoms with Crippen LogP contribution in [0.5, 0.6) is 5.75 Å². The van der Waals surface area contributed by atoms with Crippen molar-refractivity contribution in [3.63, 3.8) is 0 Å². The molecule has 0 bridgehead atoms. The van der Waals surface area contributed by atoms with Gasteiger partial charge in [-0.25, -0.2) is 0 Å². The van der Waals surface area contributed by atoms with Crippen LogP contribution in [0.3, 0.4) is 0 Å². The predicted molar refractivity (Wildman–Crippen MR) is 102 cm³/mol. The molecule has 2 rings (SSSR count). The monoisotopic (exact) mass is 359 g/mol. The topological polar surface area (TPSA) is 81.3 Å². The van der Waals surface area contributed by atoms with Gasteiger partial charge in [-0.2, -0.15) is 0 Å². The third-order valence-corrected chi connectivity index (χ3v) is 4.45. The molecule has 0 fully saturated rings. The van der Waals surface area contributed by atoms with Crippen LogP contribution in [0.2, 0.25) is 5.15 Å². The summed E-state index contributed by atoms with van der Waals surface area (Å²) in [5, 5.41) is 27.4. The molecule has 1 heterocycles. The number of hydrogen-bond donors (Lipinski definition) is 4. The van der Waals surface area contributed by atoms with Gasteiger partial charge in [0.2, 0.25) is 0 Å². The van der Waals surface area contributed by atoms with E-state index in [2.05, 4.69) is 6.58 Å². The number of benzene rings is 1. The average Bonchev–Trinajstić information content (AvgIpc) is 2.79. The number of halogens is 1. The fraction of sp³-hybridized carbons (Fsp3) is 0.211. The van der Waals surface area contributed by atoms with Gasteiger partial charge in [0, 0.05) is 18.2 Å². The van der Waals surface area contributed by atoms with Gasteiger partial charge in [0.1, 0.15) is 10.9 Å². The predicted octanol–water partition coefficient (Wildman–Crippen LogP) is 4.72. The Morgan fingerprint density at radius 2 is 1.76 bits per heavy atom. The van der Waals surface area contributed by atoms with Crippen molar-refractivity contribution in [2.75, 3.05) is 0 Å². The lowest BCUT2D eigenvalue weighted by atomic mass is 9.90. The number of phenolic OH excluding ortho intramolecular Hbond substituents is 1. The van der Waals surface area contributed by atoms with Gasteiger partial charge in [-0.3, -0.25) is 16.1 Å². The first-order chi connectivity index (χ1) is 11.7. The van der Waals surface area contributed by atoms with E-state index in [-0.39, 0.29) is 11.6 Å². The highest BCUT2D eigenvalue weighted by Crippen LogP contribution is 2.42. The Kier molecular flexibility index (Phi) is 5.40. The largest absolute Gasteiger partial charge is 0.508 e. The summed E-state index contributed by atoms with van der Waals surface area (Å²) in [7, 11) is 1.73. The molecule has 0 atom stereocenters. The summed E-state index contributed by atoms with van der Waals surface area (Å²) in [6.45, 7) is 9.88. The lowest BCUT2D eigenvalue weighted by Gasteiger charge is -2.15. The minimum absolute atomic E-state index is 0.157. The highest BCUT2D eigenvalue weighted by atomic mass is 35.5. The molecule has 25 heavy (non-hydrogen) atoms. The molecule has 4 N–H and O–H groups in total. The van der Waals surface area contributed by atoms with Crippen molar-refractivity contribution in [1.29, 1.82) is 5.41 Å². The van der Waals surface area contributed by atoms with Crippen LogP contribution < -0.4 is 5.48 Å². The zero-order valence-corrected chi connectivity index (χ0v) is 15.5. The van der Waals surface area contributed by atoms with Crippen LogP contribution in [-0.4, -0.2) is 20.7 Å². The molecule has 2 aromatic rings. The van der Waals surface area contributed by atoms with Crippen molar-refractivity contribution in [1.82, 2.24) is 10.0 Å². The average molecular weight is 360 g/mol. The van der Waals surface area contributed by atoms with Crippen LogP contribution in [-0.2, 0) is 7.05 Å². The van der Waals surface area contributed by atoms with Crippen molar-refractivity contribution >= 4 is 23.0 Å². The minimum Gasteiger partial charge on any atom is -0.508 e. The van der Waals surface area contributed by atoms with Crippen LogP contribution >= 0.6 is 11.6 Å². The Hall–Kier alpha value is -2.50. The number of rotatable bonds is 4. The number of allylic oxidation sites excluding steroid dienone is 3. The molecule has 1 aromatic carbocycles. The van der Waals surface area contributed by atoms with Crippen molar-refractivity contribution in [3.8, 4) is 16.9 Å². The van der Waals surface area contributed by atoms with E-state index in [1.165, 1.54) is 0 Å². The quantitative estimate of drug-likeness (QED) is 0.276. The number of phenols is 1. The Labute approximate surface area is 152 Å². The van der Waals surface area contributed by atoms with Gasteiger partial charge in [-0.1, -0.05) is 41.5 Å². The second-order valence-corrected chi connectivity index (χ2v) is 6.50. The summed E-state index contributed by atoms with van der Waals surface area (Å²) in [5.41, 5.74) is 7.32. The summed E-state index contributed by atoms with van der Waals surface area (Å²) in [6.07, 6.45) is 0. The van der Waals surface area contributed by atoms with E-state index in [1.54, 1.807) is 35.9 Å². The van der Waals surface area contributed by atoms with Crippen molar-refractivity contribution in [2.24, 2.45) is 7.05 Å². The molecular weight excluding hydrogens is 338 g/mol. The molecule has 132 valence electrons. The highest BCUT2D eigenvalue weighted by molar-refractivity contribution is 6.34. The normalized spacial score (nSPS) is 10.5. The maximum Gasteiger partial charge on any atom is 0.167 e. The molecular formula is C19H22ClN3O2. The summed E-state index contributed by atoms with van der Waals surface area (Å²) >= 11 is 6.59. The Bertz CT molecular complexity index is 873.